The number of phosphoric ester groups is 1. The molecule has 10 nitrogen and oxygen atoms in total. The average Bonchev–Trinajstić information content (AvgIpc) is 2.26. The summed E-state index contributed by atoms with van der Waals surface area (Å²) in [5, 5.41) is 30.5. The summed E-state index contributed by atoms with van der Waals surface area (Å²) in [7, 11) is -4.95. The van der Waals surface area contributed by atoms with Crippen molar-refractivity contribution in [3.8, 4) is 0 Å². The van der Waals surface area contributed by atoms with Crippen LogP contribution in [0, 0.1) is 0 Å². The summed E-state index contributed by atoms with van der Waals surface area (Å²) in [5.74, 6) is -0.624. The monoisotopic (exact) mass is 301 g/mol. The normalized spacial score (nSPS) is 36.0. The number of hydrogen-bond donors (Lipinski definition) is 6. The van der Waals surface area contributed by atoms with E-state index in [0.29, 0.717) is 0 Å². The number of aliphatic hydroxyl groups is 3. The van der Waals surface area contributed by atoms with Crippen LogP contribution in [0.1, 0.15) is 6.92 Å². The second-order valence-electron chi connectivity index (χ2n) is 4.03. The van der Waals surface area contributed by atoms with E-state index in [0.717, 1.165) is 6.92 Å². The third-order valence-corrected chi connectivity index (χ3v) is 2.97. The van der Waals surface area contributed by atoms with E-state index in [9.17, 15) is 19.6 Å². The van der Waals surface area contributed by atoms with Crippen molar-refractivity contribution in [2.45, 2.75) is 37.6 Å². The molecule has 1 fully saturated rings. The van der Waals surface area contributed by atoms with Crippen molar-refractivity contribution in [3.63, 3.8) is 0 Å². The summed E-state index contributed by atoms with van der Waals surface area (Å²) < 4.78 is 20.0. The lowest BCUT2D eigenvalue weighted by molar-refractivity contribution is -0.248. The molecule has 19 heavy (non-hydrogen) atoms. The third kappa shape index (κ3) is 4.48. The van der Waals surface area contributed by atoms with Gasteiger partial charge in [0.2, 0.25) is 5.91 Å². The Morgan fingerprint density at radius 2 is 1.95 bits per heavy atom. The van der Waals surface area contributed by atoms with Gasteiger partial charge in [-0.05, 0) is 0 Å². The number of rotatable bonds is 4. The number of carbonyl (C=O) groups is 1. The maximum absolute atomic E-state index is 11.0. The van der Waals surface area contributed by atoms with Gasteiger partial charge in [0.15, 0.2) is 6.29 Å². The summed E-state index contributed by atoms with van der Waals surface area (Å²) in [6.45, 7) is 0.401. The van der Waals surface area contributed by atoms with Crippen LogP contribution in [0.15, 0.2) is 0 Å². The van der Waals surface area contributed by atoms with Crippen LogP contribution in [0.2, 0.25) is 0 Å². The summed E-state index contributed by atoms with van der Waals surface area (Å²) in [6, 6.07) is -1.39. The highest BCUT2D eigenvalue weighted by Gasteiger charge is 2.47. The number of ether oxygens (including phenoxy) is 1. The Labute approximate surface area is 108 Å². The van der Waals surface area contributed by atoms with E-state index in [4.69, 9.17) is 19.6 Å². The predicted octanol–water partition coefficient (Wildman–Crippen LogP) is -2.96. The number of phosphoric acid groups is 1. The standard InChI is InChI=1S/C8H16NO9P/c1-3(11)9-5-7(13)6(12)4(2-10)17-8(5)18-19(14,15)16/h4-8,10,12-13H,2H2,1H3,(H,9,11)(H2,14,15,16)/t4?,5-,6+,7?,8-/m0/s1. The molecule has 0 spiro atoms. The van der Waals surface area contributed by atoms with Gasteiger partial charge in [0.05, 0.1) is 6.61 Å². The minimum atomic E-state index is -4.95. The first-order chi connectivity index (χ1) is 8.65. The zero-order chi connectivity index (χ0) is 14.8. The van der Waals surface area contributed by atoms with E-state index in [-0.39, 0.29) is 0 Å². The van der Waals surface area contributed by atoms with Crippen LogP contribution in [0.3, 0.4) is 0 Å². The van der Waals surface area contributed by atoms with Crippen LogP contribution in [0.4, 0.5) is 0 Å². The van der Waals surface area contributed by atoms with Gasteiger partial charge in [-0.2, -0.15) is 0 Å². The molecule has 0 radical (unpaired) electrons. The summed E-state index contributed by atoms with van der Waals surface area (Å²) in [4.78, 5) is 28.4. The van der Waals surface area contributed by atoms with E-state index >= 15 is 0 Å². The first-order valence-corrected chi connectivity index (χ1v) is 6.82. The van der Waals surface area contributed by atoms with Gasteiger partial charge in [0.25, 0.3) is 0 Å². The van der Waals surface area contributed by atoms with Gasteiger partial charge >= 0.3 is 7.82 Å². The average molecular weight is 301 g/mol. The quantitative estimate of drug-likeness (QED) is 0.297. The first-order valence-electron chi connectivity index (χ1n) is 5.29. The number of aliphatic hydroxyl groups excluding tert-OH is 3. The first kappa shape index (κ1) is 16.5. The number of amides is 1. The van der Waals surface area contributed by atoms with Crippen molar-refractivity contribution in [3.05, 3.63) is 0 Å². The second-order valence-corrected chi connectivity index (χ2v) is 5.22. The summed E-state index contributed by atoms with van der Waals surface area (Å²) in [5.41, 5.74) is 0. The van der Waals surface area contributed by atoms with Gasteiger partial charge in [-0.25, -0.2) is 4.57 Å². The molecule has 0 aromatic heterocycles. The van der Waals surface area contributed by atoms with Gasteiger partial charge in [0, 0.05) is 6.92 Å². The largest absolute Gasteiger partial charge is 0.472 e. The van der Waals surface area contributed by atoms with Gasteiger partial charge in [0.1, 0.15) is 24.4 Å². The molecule has 0 aromatic carbocycles. The number of nitrogens with one attached hydrogen (secondary N) is 1. The van der Waals surface area contributed by atoms with Crippen LogP contribution >= 0.6 is 7.82 Å². The zero-order valence-electron chi connectivity index (χ0n) is 9.91. The molecule has 0 aliphatic carbocycles. The molecular weight excluding hydrogens is 285 g/mol. The molecule has 11 heteroatoms. The Hall–Kier alpha value is -0.580. The maximum atomic E-state index is 11.0. The second kappa shape index (κ2) is 6.25. The molecule has 1 saturated heterocycles. The molecular formula is C8H16NO9P. The van der Waals surface area contributed by atoms with Crippen LogP contribution in [-0.4, -0.2) is 68.3 Å². The molecule has 1 rings (SSSR count). The molecule has 1 amide bonds. The van der Waals surface area contributed by atoms with Gasteiger partial charge in [-0.15, -0.1) is 0 Å². The highest BCUT2D eigenvalue weighted by atomic mass is 31.2. The van der Waals surface area contributed by atoms with Gasteiger partial charge in [-0.1, -0.05) is 0 Å². The summed E-state index contributed by atoms with van der Waals surface area (Å²) >= 11 is 0. The van der Waals surface area contributed by atoms with Crippen molar-refractivity contribution < 1.29 is 43.7 Å². The molecule has 1 heterocycles. The minimum Gasteiger partial charge on any atom is -0.394 e. The smallest absolute Gasteiger partial charge is 0.394 e. The Balaban J connectivity index is 2.92. The predicted molar refractivity (Wildman–Crippen MR) is 58.5 cm³/mol. The minimum absolute atomic E-state index is 0.624. The van der Waals surface area contributed by atoms with Crippen molar-refractivity contribution in [2.75, 3.05) is 6.61 Å². The molecule has 0 saturated carbocycles. The zero-order valence-corrected chi connectivity index (χ0v) is 10.8. The molecule has 1 aliphatic heterocycles. The lowest BCUT2D eigenvalue weighted by Gasteiger charge is -2.41. The van der Waals surface area contributed by atoms with E-state index < -0.39 is 51.0 Å². The van der Waals surface area contributed by atoms with Crippen molar-refractivity contribution in [2.24, 2.45) is 0 Å². The SMILES string of the molecule is CC(=O)N[C@H]1C(O)[C@H](O)C(CO)O[C@H]1OP(=O)(O)O. The molecule has 6 N–H and O–H groups in total. The van der Waals surface area contributed by atoms with Crippen LogP contribution in [0.25, 0.3) is 0 Å². The van der Waals surface area contributed by atoms with Crippen molar-refractivity contribution in [1.29, 1.82) is 0 Å². The Morgan fingerprint density at radius 3 is 2.37 bits per heavy atom. The Morgan fingerprint density at radius 1 is 1.37 bits per heavy atom. The third-order valence-electron chi connectivity index (χ3n) is 2.49. The van der Waals surface area contributed by atoms with Crippen LogP contribution < -0.4 is 5.32 Å². The fraction of sp³-hybridized carbons (Fsp3) is 0.875. The fourth-order valence-corrected chi connectivity index (χ4v) is 2.15. The van der Waals surface area contributed by atoms with E-state index in [2.05, 4.69) is 9.84 Å². The van der Waals surface area contributed by atoms with Crippen LogP contribution in [0.5, 0.6) is 0 Å². The highest BCUT2D eigenvalue weighted by molar-refractivity contribution is 7.46. The molecule has 1 aliphatic rings. The maximum Gasteiger partial charge on any atom is 0.472 e. The Bertz CT molecular complexity index is 371. The van der Waals surface area contributed by atoms with Gasteiger partial charge in [-0.3, -0.25) is 9.32 Å². The lowest BCUT2D eigenvalue weighted by atomic mass is 9.97. The molecule has 112 valence electrons. The van der Waals surface area contributed by atoms with Crippen molar-refractivity contribution in [1.82, 2.24) is 5.32 Å². The molecule has 0 aromatic rings. The number of hydrogen-bond acceptors (Lipinski definition) is 7. The van der Waals surface area contributed by atoms with E-state index in [1.165, 1.54) is 0 Å². The fourth-order valence-electron chi connectivity index (χ4n) is 1.70. The summed E-state index contributed by atoms with van der Waals surface area (Å²) in [6.07, 6.45) is -6.17. The number of carbonyl (C=O) groups excluding carboxylic acids is 1. The highest BCUT2D eigenvalue weighted by Crippen LogP contribution is 2.40. The Kier molecular flexibility index (Phi) is 5.42. The van der Waals surface area contributed by atoms with E-state index in [1.54, 1.807) is 0 Å². The van der Waals surface area contributed by atoms with Crippen molar-refractivity contribution >= 4 is 13.7 Å². The molecule has 2 unspecified atom stereocenters. The van der Waals surface area contributed by atoms with Crippen LogP contribution in [-0.2, 0) is 18.6 Å². The van der Waals surface area contributed by atoms with Gasteiger partial charge < -0.3 is 35.2 Å². The topological polar surface area (TPSA) is 166 Å². The van der Waals surface area contributed by atoms with E-state index in [1.807, 2.05) is 0 Å². The lowest BCUT2D eigenvalue weighted by Crippen LogP contribution is -2.64. The molecule has 5 atom stereocenters. The molecule has 0 bridgehead atoms.